The van der Waals surface area contributed by atoms with Gasteiger partial charge in [-0.1, -0.05) is 70.5 Å². The molecule has 1 aliphatic carbocycles. The molecule has 5 rings (SSSR count). The molecule has 8 heteroatoms. The summed E-state index contributed by atoms with van der Waals surface area (Å²) in [5.41, 5.74) is 1.02. The smallest absolute Gasteiger partial charge is 0.296 e. The van der Waals surface area contributed by atoms with Crippen LogP contribution in [0.5, 0.6) is 5.75 Å². The standard InChI is InChI=1S/C30H27BrFN3O3/c1-30(32)14-12-20(13-15-30)16-23-18-33-28(38-23)25-26(36)29(37)35(2)27(34-25)24(17-19-6-4-3-5-7-19)21-8-10-22(31)11-9-21/h3-14,18,24,36H,15-17H2,1-2H3. The van der Waals surface area contributed by atoms with E-state index in [1.54, 1.807) is 19.3 Å². The van der Waals surface area contributed by atoms with Crippen LogP contribution in [0.4, 0.5) is 4.39 Å². The molecule has 194 valence electrons. The zero-order valence-corrected chi connectivity index (χ0v) is 22.7. The number of rotatable bonds is 7. The van der Waals surface area contributed by atoms with Gasteiger partial charge in [0.1, 0.15) is 17.3 Å². The topological polar surface area (TPSA) is 81.2 Å². The second kappa shape index (κ2) is 10.5. The van der Waals surface area contributed by atoms with Crippen molar-refractivity contribution >= 4 is 15.9 Å². The molecule has 38 heavy (non-hydrogen) atoms. The quantitative estimate of drug-likeness (QED) is 0.274. The largest absolute Gasteiger partial charge is 0.501 e. The summed E-state index contributed by atoms with van der Waals surface area (Å²) in [5.74, 6) is 0.263. The molecular formula is C30H27BrFN3O3. The van der Waals surface area contributed by atoms with Gasteiger partial charge in [-0.3, -0.25) is 9.36 Å². The first-order valence-corrected chi connectivity index (χ1v) is 13.1. The van der Waals surface area contributed by atoms with Gasteiger partial charge in [-0.2, -0.15) is 0 Å². The Morgan fingerprint density at radius 3 is 2.61 bits per heavy atom. The maximum absolute atomic E-state index is 14.1. The van der Waals surface area contributed by atoms with Crippen LogP contribution in [0.15, 0.2) is 98.3 Å². The van der Waals surface area contributed by atoms with E-state index in [-0.39, 0.29) is 17.5 Å². The number of alkyl halides is 1. The van der Waals surface area contributed by atoms with Crippen LogP contribution in [0.2, 0.25) is 0 Å². The summed E-state index contributed by atoms with van der Waals surface area (Å²) in [6.45, 7) is 1.53. The summed E-state index contributed by atoms with van der Waals surface area (Å²) in [7, 11) is 1.60. The highest BCUT2D eigenvalue weighted by Gasteiger charge is 2.26. The van der Waals surface area contributed by atoms with Crippen molar-refractivity contribution in [3.63, 3.8) is 0 Å². The number of benzene rings is 2. The molecule has 0 bridgehead atoms. The minimum atomic E-state index is -1.35. The monoisotopic (exact) mass is 575 g/mol. The Hall–Kier alpha value is -3.78. The Labute approximate surface area is 228 Å². The van der Waals surface area contributed by atoms with Crippen LogP contribution < -0.4 is 5.56 Å². The van der Waals surface area contributed by atoms with Gasteiger partial charge < -0.3 is 9.52 Å². The fraction of sp³-hybridized carbons (Fsp3) is 0.233. The van der Waals surface area contributed by atoms with E-state index in [9.17, 15) is 14.3 Å². The van der Waals surface area contributed by atoms with E-state index < -0.39 is 17.0 Å². The van der Waals surface area contributed by atoms with E-state index in [1.165, 1.54) is 17.6 Å². The molecule has 2 unspecified atom stereocenters. The second-order valence-electron chi connectivity index (χ2n) is 9.73. The lowest BCUT2D eigenvalue weighted by Crippen LogP contribution is -2.26. The van der Waals surface area contributed by atoms with Gasteiger partial charge in [-0.15, -0.1) is 0 Å². The Bertz CT molecular complexity index is 1570. The van der Waals surface area contributed by atoms with Gasteiger partial charge in [0.15, 0.2) is 5.69 Å². The van der Waals surface area contributed by atoms with E-state index in [1.807, 2.05) is 60.7 Å². The zero-order chi connectivity index (χ0) is 26.9. The number of aromatic hydroxyl groups is 1. The van der Waals surface area contributed by atoms with E-state index in [0.29, 0.717) is 30.8 Å². The van der Waals surface area contributed by atoms with Crippen molar-refractivity contribution in [1.82, 2.24) is 14.5 Å². The van der Waals surface area contributed by atoms with Crippen molar-refractivity contribution in [2.75, 3.05) is 0 Å². The van der Waals surface area contributed by atoms with Gasteiger partial charge in [0.05, 0.1) is 6.20 Å². The van der Waals surface area contributed by atoms with Gasteiger partial charge in [0, 0.05) is 30.3 Å². The van der Waals surface area contributed by atoms with Crippen LogP contribution in [0, 0.1) is 0 Å². The fourth-order valence-corrected chi connectivity index (χ4v) is 4.81. The van der Waals surface area contributed by atoms with Gasteiger partial charge in [-0.05, 0) is 48.3 Å². The van der Waals surface area contributed by atoms with E-state index in [4.69, 9.17) is 9.40 Å². The number of hydrogen-bond acceptors (Lipinski definition) is 5. The van der Waals surface area contributed by atoms with Crippen molar-refractivity contribution in [2.24, 2.45) is 7.05 Å². The third kappa shape index (κ3) is 5.55. The zero-order valence-electron chi connectivity index (χ0n) is 21.1. The third-order valence-electron chi connectivity index (χ3n) is 6.71. The molecule has 1 N–H and O–H groups in total. The highest BCUT2D eigenvalue weighted by atomic mass is 79.9. The molecule has 0 saturated carbocycles. The van der Waals surface area contributed by atoms with Gasteiger partial charge in [-0.25, -0.2) is 14.4 Å². The van der Waals surface area contributed by atoms with Crippen LogP contribution >= 0.6 is 15.9 Å². The van der Waals surface area contributed by atoms with Crippen molar-refractivity contribution < 1.29 is 13.9 Å². The summed E-state index contributed by atoms with van der Waals surface area (Å²) in [5, 5.41) is 10.8. The normalized spacial score (nSPS) is 17.8. The van der Waals surface area contributed by atoms with Crippen LogP contribution in [0.25, 0.3) is 11.6 Å². The van der Waals surface area contributed by atoms with E-state index in [2.05, 4.69) is 20.9 Å². The predicted molar refractivity (Wildman–Crippen MR) is 148 cm³/mol. The summed E-state index contributed by atoms with van der Waals surface area (Å²) in [6.07, 6.45) is 7.95. The average Bonchev–Trinajstić information content (AvgIpc) is 3.37. The van der Waals surface area contributed by atoms with Gasteiger partial charge >= 0.3 is 0 Å². The van der Waals surface area contributed by atoms with Crippen LogP contribution in [0.1, 0.15) is 42.0 Å². The maximum atomic E-state index is 14.1. The molecule has 0 aliphatic heterocycles. The first kappa shape index (κ1) is 25.9. The lowest BCUT2D eigenvalue weighted by molar-refractivity contribution is 0.258. The first-order chi connectivity index (χ1) is 18.2. The summed E-state index contributed by atoms with van der Waals surface area (Å²) < 4.78 is 22.3. The number of allylic oxidation sites excluding steroid dienone is 4. The molecule has 0 saturated heterocycles. The summed E-state index contributed by atoms with van der Waals surface area (Å²) in [4.78, 5) is 22.2. The van der Waals surface area contributed by atoms with Crippen LogP contribution in [-0.2, 0) is 19.9 Å². The van der Waals surface area contributed by atoms with Gasteiger partial charge in [0.25, 0.3) is 5.56 Å². The molecule has 0 fully saturated rings. The molecule has 0 radical (unpaired) electrons. The fourth-order valence-electron chi connectivity index (χ4n) is 4.55. The lowest BCUT2D eigenvalue weighted by atomic mass is 9.91. The number of halogens is 2. The van der Waals surface area contributed by atoms with Gasteiger partial charge in [0.2, 0.25) is 11.6 Å². The molecule has 2 aromatic heterocycles. The first-order valence-electron chi connectivity index (χ1n) is 12.3. The lowest BCUT2D eigenvalue weighted by Gasteiger charge is -2.21. The molecule has 2 atom stereocenters. The number of aromatic nitrogens is 3. The van der Waals surface area contributed by atoms with Crippen LogP contribution in [-0.4, -0.2) is 25.3 Å². The maximum Gasteiger partial charge on any atom is 0.296 e. The SMILES string of the molecule is Cn1c(C(Cc2ccccc2)c2ccc(Br)cc2)nc(-c2ncc(CC3=CCC(C)(F)C=C3)o2)c(O)c1=O. The predicted octanol–water partition coefficient (Wildman–Crippen LogP) is 6.44. The van der Waals surface area contributed by atoms with E-state index >= 15 is 0 Å². The second-order valence-corrected chi connectivity index (χ2v) is 10.6. The molecule has 2 heterocycles. The van der Waals surface area contributed by atoms with E-state index in [0.717, 1.165) is 21.2 Å². The average molecular weight is 576 g/mol. The molecule has 2 aromatic carbocycles. The van der Waals surface area contributed by atoms with Crippen molar-refractivity contribution in [1.29, 1.82) is 0 Å². The van der Waals surface area contributed by atoms with Crippen molar-refractivity contribution in [3.8, 4) is 17.3 Å². The highest BCUT2D eigenvalue weighted by molar-refractivity contribution is 9.10. The van der Waals surface area contributed by atoms with Crippen molar-refractivity contribution in [2.45, 2.75) is 37.8 Å². The number of oxazole rings is 1. The molecule has 4 aromatic rings. The Morgan fingerprint density at radius 1 is 1.18 bits per heavy atom. The number of nitrogens with zero attached hydrogens (tertiary/aromatic N) is 3. The molecular weight excluding hydrogens is 549 g/mol. The third-order valence-corrected chi connectivity index (χ3v) is 7.24. The summed E-state index contributed by atoms with van der Waals surface area (Å²) >= 11 is 3.49. The van der Waals surface area contributed by atoms with Crippen LogP contribution in [0.3, 0.4) is 0 Å². The minimum absolute atomic E-state index is 0.00553. The number of hydrogen-bond donors (Lipinski definition) is 1. The Kier molecular flexibility index (Phi) is 7.17. The highest BCUT2D eigenvalue weighted by Crippen LogP contribution is 2.32. The molecule has 1 aliphatic rings. The molecule has 0 amide bonds. The van der Waals surface area contributed by atoms with Crippen molar-refractivity contribution in [3.05, 3.63) is 122 Å². The molecule has 6 nitrogen and oxygen atoms in total. The Balaban J connectivity index is 1.53. The minimum Gasteiger partial charge on any atom is -0.501 e. The Morgan fingerprint density at radius 2 is 1.92 bits per heavy atom. The summed E-state index contributed by atoms with van der Waals surface area (Å²) in [6, 6.07) is 17.9. The molecule has 0 spiro atoms.